The van der Waals surface area contributed by atoms with Crippen LogP contribution in [0.15, 0.2) is 0 Å². The molecule has 0 aromatic carbocycles. The van der Waals surface area contributed by atoms with Crippen LogP contribution in [0, 0.1) is 0 Å². The van der Waals surface area contributed by atoms with Crippen LogP contribution in [0.25, 0.3) is 0 Å². The van der Waals surface area contributed by atoms with E-state index in [9.17, 15) is 0 Å². The molecule has 0 amide bonds. The highest BCUT2D eigenvalue weighted by molar-refractivity contribution is 7.79. The third-order valence-corrected chi connectivity index (χ3v) is 4.22. The van der Waals surface area contributed by atoms with E-state index in [4.69, 9.17) is 39.2 Å². The molecular formula is C20H48N2O6S. The van der Waals surface area contributed by atoms with Crippen LogP contribution in [0.3, 0.4) is 0 Å². The molecule has 0 radical (unpaired) electrons. The molecule has 0 aliphatic rings. The molecule has 180 valence electrons. The fourth-order valence-electron chi connectivity index (χ4n) is 2.63. The summed E-state index contributed by atoms with van der Waals surface area (Å²) in [5.41, 5.74) is 10.8. The second-order valence-electron chi connectivity index (χ2n) is 7.13. The van der Waals surface area contributed by atoms with E-state index in [1.807, 2.05) is 0 Å². The van der Waals surface area contributed by atoms with E-state index in [0.29, 0.717) is 13.2 Å². The molecule has 0 heterocycles. The summed E-state index contributed by atoms with van der Waals surface area (Å²) in [6, 6.07) is 0. The molecule has 0 atom stereocenters. The number of nitrogens with two attached hydrogens (primary N) is 2. The molecule has 0 aliphatic heterocycles. The van der Waals surface area contributed by atoms with Crippen molar-refractivity contribution in [1.82, 2.24) is 0 Å². The fraction of sp³-hybridized carbons (Fsp3) is 1.00. The maximum atomic E-state index is 8.74. The van der Waals surface area contributed by atoms with Crippen molar-refractivity contribution in [2.75, 3.05) is 26.3 Å². The zero-order valence-electron chi connectivity index (χ0n) is 18.3. The quantitative estimate of drug-likeness (QED) is 0.138. The molecule has 0 fully saturated rings. The van der Waals surface area contributed by atoms with Crippen molar-refractivity contribution in [3.63, 3.8) is 0 Å². The van der Waals surface area contributed by atoms with E-state index in [2.05, 4.69) is 0 Å². The number of hydrogen-bond donors (Lipinski definition) is 6. The number of aliphatic hydroxyl groups excluding tert-OH is 2. The van der Waals surface area contributed by atoms with Gasteiger partial charge in [-0.3, -0.25) is 9.11 Å². The zero-order valence-corrected chi connectivity index (χ0v) is 19.1. The molecule has 29 heavy (non-hydrogen) atoms. The van der Waals surface area contributed by atoms with Gasteiger partial charge in [0.15, 0.2) is 0 Å². The number of aliphatic hydroxyl groups is 2. The minimum atomic E-state index is -4.67. The van der Waals surface area contributed by atoms with Crippen LogP contribution in [0.2, 0.25) is 0 Å². The zero-order chi connectivity index (χ0) is 22.6. The standard InChI is InChI=1S/2C10H23NO.H2O4S/c2*11-9-7-5-3-1-2-4-6-8-10-12;1-5(2,3)4/h2*12H,1-11H2;(H2,1,2,3,4). The topological polar surface area (TPSA) is 167 Å². The predicted molar refractivity (Wildman–Crippen MR) is 120 cm³/mol. The van der Waals surface area contributed by atoms with Crippen LogP contribution in [0.4, 0.5) is 0 Å². The van der Waals surface area contributed by atoms with E-state index in [1.54, 1.807) is 0 Å². The number of rotatable bonds is 18. The van der Waals surface area contributed by atoms with Crippen LogP contribution in [-0.2, 0) is 10.4 Å². The van der Waals surface area contributed by atoms with Crippen molar-refractivity contribution in [3.8, 4) is 0 Å². The first-order valence-electron chi connectivity index (χ1n) is 11.1. The lowest BCUT2D eigenvalue weighted by molar-refractivity contribution is 0.282. The highest BCUT2D eigenvalue weighted by atomic mass is 32.3. The monoisotopic (exact) mass is 444 g/mol. The van der Waals surface area contributed by atoms with Gasteiger partial charge < -0.3 is 21.7 Å². The second-order valence-corrected chi connectivity index (χ2v) is 8.02. The SMILES string of the molecule is NCCCCCCCCCCO.NCCCCCCCCCCO.O=S(=O)(O)O. The Morgan fingerprint density at radius 3 is 0.793 bits per heavy atom. The lowest BCUT2D eigenvalue weighted by atomic mass is 10.1. The summed E-state index contributed by atoms with van der Waals surface area (Å²) < 4.78 is 31.6. The van der Waals surface area contributed by atoms with Gasteiger partial charge in [0.1, 0.15) is 0 Å². The highest BCUT2D eigenvalue weighted by Gasteiger charge is 1.91. The molecule has 9 heteroatoms. The third kappa shape index (κ3) is 58.4. The number of unbranched alkanes of at least 4 members (excludes halogenated alkanes) is 14. The summed E-state index contributed by atoms with van der Waals surface area (Å²) in [6.07, 6.45) is 19.8. The van der Waals surface area contributed by atoms with Gasteiger partial charge in [-0.15, -0.1) is 0 Å². The average molecular weight is 445 g/mol. The van der Waals surface area contributed by atoms with Gasteiger partial charge in [-0.25, -0.2) is 0 Å². The summed E-state index contributed by atoms with van der Waals surface area (Å²) >= 11 is 0. The van der Waals surface area contributed by atoms with Crippen molar-refractivity contribution in [1.29, 1.82) is 0 Å². The number of hydrogen-bond acceptors (Lipinski definition) is 6. The van der Waals surface area contributed by atoms with Gasteiger partial charge in [0.05, 0.1) is 0 Å². The Kier molecular flexibility index (Phi) is 34.4. The van der Waals surface area contributed by atoms with Crippen LogP contribution in [0.5, 0.6) is 0 Å². The van der Waals surface area contributed by atoms with Gasteiger partial charge in [-0.05, 0) is 38.8 Å². The lowest BCUT2D eigenvalue weighted by Crippen LogP contribution is -1.97. The van der Waals surface area contributed by atoms with Crippen molar-refractivity contribution < 1.29 is 27.7 Å². The molecule has 0 rings (SSSR count). The van der Waals surface area contributed by atoms with E-state index in [-0.39, 0.29) is 0 Å². The molecule has 0 saturated heterocycles. The van der Waals surface area contributed by atoms with Gasteiger partial charge in [0, 0.05) is 13.2 Å². The second kappa shape index (κ2) is 29.9. The van der Waals surface area contributed by atoms with Gasteiger partial charge >= 0.3 is 10.4 Å². The highest BCUT2D eigenvalue weighted by Crippen LogP contribution is 2.08. The predicted octanol–water partition coefficient (Wildman–Crippen LogP) is 3.46. The van der Waals surface area contributed by atoms with Gasteiger partial charge in [0.25, 0.3) is 0 Å². The molecule has 8 N–H and O–H groups in total. The van der Waals surface area contributed by atoms with E-state index < -0.39 is 10.4 Å². The third-order valence-electron chi connectivity index (χ3n) is 4.22. The van der Waals surface area contributed by atoms with Crippen LogP contribution in [0.1, 0.15) is 103 Å². The normalized spacial score (nSPS) is 10.7. The van der Waals surface area contributed by atoms with Gasteiger partial charge in [-0.2, -0.15) is 8.42 Å². The summed E-state index contributed by atoms with van der Waals surface area (Å²) in [5.74, 6) is 0. The Labute approximate surface area is 179 Å². The van der Waals surface area contributed by atoms with E-state index in [0.717, 1.165) is 25.9 Å². The summed E-state index contributed by atoms with van der Waals surface area (Å²) in [5, 5.41) is 17.1. The van der Waals surface area contributed by atoms with Crippen molar-refractivity contribution in [2.24, 2.45) is 11.5 Å². The molecule has 0 spiro atoms. The first kappa shape index (κ1) is 33.4. The first-order valence-corrected chi connectivity index (χ1v) is 12.5. The smallest absolute Gasteiger partial charge is 0.394 e. The van der Waals surface area contributed by atoms with Crippen molar-refractivity contribution in [3.05, 3.63) is 0 Å². The minimum absolute atomic E-state index is 0.354. The van der Waals surface area contributed by atoms with Gasteiger partial charge in [0.2, 0.25) is 0 Å². The molecule has 0 aliphatic carbocycles. The van der Waals surface area contributed by atoms with Crippen LogP contribution >= 0.6 is 0 Å². The average Bonchev–Trinajstić information content (AvgIpc) is 2.65. The molecule has 0 aromatic heterocycles. The summed E-state index contributed by atoms with van der Waals surface area (Å²) in [6.45, 7) is 2.38. The molecule has 0 unspecified atom stereocenters. The Balaban J connectivity index is -0.000000380. The molecule has 0 bridgehead atoms. The maximum absolute atomic E-state index is 8.74. The Hall–Kier alpha value is -0.290. The Bertz CT molecular complexity index is 322. The van der Waals surface area contributed by atoms with Crippen molar-refractivity contribution >= 4 is 10.4 Å². The van der Waals surface area contributed by atoms with Crippen LogP contribution in [-0.4, -0.2) is 54.0 Å². The summed E-state index contributed by atoms with van der Waals surface area (Å²) in [7, 11) is -4.67. The molecule has 0 saturated carbocycles. The van der Waals surface area contributed by atoms with Crippen LogP contribution < -0.4 is 11.5 Å². The van der Waals surface area contributed by atoms with Crippen molar-refractivity contribution in [2.45, 2.75) is 103 Å². The van der Waals surface area contributed by atoms with E-state index >= 15 is 0 Å². The first-order chi connectivity index (χ1) is 13.8. The molecule has 0 aromatic rings. The van der Waals surface area contributed by atoms with E-state index in [1.165, 1.54) is 89.9 Å². The molecular weight excluding hydrogens is 396 g/mol. The maximum Gasteiger partial charge on any atom is 0.394 e. The summed E-state index contributed by atoms with van der Waals surface area (Å²) in [4.78, 5) is 0. The Morgan fingerprint density at radius 2 is 0.621 bits per heavy atom. The lowest BCUT2D eigenvalue weighted by Gasteiger charge is -1.99. The minimum Gasteiger partial charge on any atom is -0.396 e. The van der Waals surface area contributed by atoms with Gasteiger partial charge in [-0.1, -0.05) is 77.0 Å². The molecule has 8 nitrogen and oxygen atoms in total. The fourth-order valence-corrected chi connectivity index (χ4v) is 2.63. The largest absolute Gasteiger partial charge is 0.396 e. The Morgan fingerprint density at radius 1 is 0.448 bits per heavy atom.